The highest BCUT2D eigenvalue weighted by atomic mass is 16.6. The normalized spacial score (nSPS) is 26.7. The number of carbonyl (C=O) groups is 3. The summed E-state index contributed by atoms with van der Waals surface area (Å²) >= 11 is 0. The Kier molecular flexibility index (Phi) is 4.82. The van der Waals surface area contributed by atoms with Crippen molar-refractivity contribution in [3.63, 3.8) is 0 Å². The van der Waals surface area contributed by atoms with Crippen molar-refractivity contribution in [2.45, 2.75) is 32.6 Å². The minimum atomic E-state index is -0.790. The van der Waals surface area contributed by atoms with Gasteiger partial charge in [-0.2, -0.15) is 0 Å². The van der Waals surface area contributed by atoms with Gasteiger partial charge in [-0.3, -0.25) is 14.5 Å². The van der Waals surface area contributed by atoms with Crippen LogP contribution in [0.5, 0.6) is 0 Å². The van der Waals surface area contributed by atoms with Gasteiger partial charge in [0.05, 0.1) is 18.5 Å². The fourth-order valence-corrected chi connectivity index (χ4v) is 3.22. The number of aliphatic carboxylic acids is 1. The Morgan fingerprint density at radius 1 is 1.38 bits per heavy atom. The Morgan fingerprint density at radius 3 is 2.71 bits per heavy atom. The number of hydrogen-bond acceptors (Lipinski definition) is 5. The summed E-state index contributed by atoms with van der Waals surface area (Å²) in [6, 6.07) is 0. The van der Waals surface area contributed by atoms with Gasteiger partial charge in [0.1, 0.15) is 6.61 Å². The molecular formula is C14H22N2O5. The molecule has 7 heteroatoms. The lowest BCUT2D eigenvalue weighted by Gasteiger charge is -2.39. The van der Waals surface area contributed by atoms with Crippen LogP contribution in [-0.4, -0.2) is 65.7 Å². The second kappa shape index (κ2) is 6.43. The van der Waals surface area contributed by atoms with E-state index in [1.165, 1.54) is 0 Å². The Bertz CT molecular complexity index is 435. The monoisotopic (exact) mass is 298 g/mol. The van der Waals surface area contributed by atoms with Crippen LogP contribution in [0.15, 0.2) is 0 Å². The van der Waals surface area contributed by atoms with E-state index in [9.17, 15) is 19.5 Å². The summed E-state index contributed by atoms with van der Waals surface area (Å²) in [6.07, 6.45) is 2.21. The maximum atomic E-state index is 12.1. The standard InChI is InChI=1S/C14H22N2O5/c1-2-4-14(12(18)19)5-3-6-15(10-14)9-11(17)16-7-8-21-13(16)20/h2-10H2,1H3,(H,18,19). The minimum Gasteiger partial charge on any atom is -0.481 e. The molecule has 0 bridgehead atoms. The van der Waals surface area contributed by atoms with E-state index in [-0.39, 0.29) is 25.6 Å². The predicted molar refractivity (Wildman–Crippen MR) is 73.7 cm³/mol. The SMILES string of the molecule is CCCC1(C(=O)O)CCCN(CC(=O)N2CCOC2=O)C1. The van der Waals surface area contributed by atoms with Gasteiger partial charge < -0.3 is 9.84 Å². The number of amides is 2. The third-order valence-electron chi connectivity index (χ3n) is 4.26. The van der Waals surface area contributed by atoms with E-state index in [1.807, 2.05) is 11.8 Å². The van der Waals surface area contributed by atoms with Gasteiger partial charge in [-0.15, -0.1) is 0 Å². The maximum absolute atomic E-state index is 12.1. The molecule has 1 atom stereocenters. The molecule has 2 fully saturated rings. The van der Waals surface area contributed by atoms with E-state index < -0.39 is 17.5 Å². The zero-order chi connectivity index (χ0) is 15.5. The summed E-state index contributed by atoms with van der Waals surface area (Å²) in [5.41, 5.74) is -0.765. The van der Waals surface area contributed by atoms with Crippen molar-refractivity contribution in [2.24, 2.45) is 5.41 Å². The topological polar surface area (TPSA) is 87.2 Å². The number of carboxylic acid groups (broad SMARTS) is 1. The number of imide groups is 1. The Morgan fingerprint density at radius 2 is 2.14 bits per heavy atom. The summed E-state index contributed by atoms with van der Waals surface area (Å²) in [5.74, 6) is -1.10. The molecule has 21 heavy (non-hydrogen) atoms. The second-order valence-corrected chi connectivity index (χ2v) is 5.81. The number of cyclic esters (lactones) is 1. The van der Waals surface area contributed by atoms with Crippen LogP contribution in [0.25, 0.3) is 0 Å². The van der Waals surface area contributed by atoms with E-state index in [1.54, 1.807) is 0 Å². The quantitative estimate of drug-likeness (QED) is 0.812. The molecule has 0 aromatic heterocycles. The Balaban J connectivity index is 1.98. The van der Waals surface area contributed by atoms with E-state index >= 15 is 0 Å². The molecule has 2 amide bonds. The van der Waals surface area contributed by atoms with Crippen molar-refractivity contribution in [3.05, 3.63) is 0 Å². The lowest BCUT2D eigenvalue weighted by atomic mass is 9.76. The molecule has 2 aliphatic rings. The van der Waals surface area contributed by atoms with E-state index in [0.29, 0.717) is 25.9 Å². The van der Waals surface area contributed by atoms with Crippen LogP contribution in [-0.2, 0) is 14.3 Å². The molecule has 2 rings (SSSR count). The zero-order valence-electron chi connectivity index (χ0n) is 12.3. The number of ether oxygens (including phenoxy) is 1. The lowest BCUT2D eigenvalue weighted by molar-refractivity contribution is -0.154. The molecule has 118 valence electrons. The molecule has 2 heterocycles. The maximum Gasteiger partial charge on any atom is 0.416 e. The second-order valence-electron chi connectivity index (χ2n) is 5.81. The fourth-order valence-electron chi connectivity index (χ4n) is 3.22. The molecule has 0 radical (unpaired) electrons. The summed E-state index contributed by atoms with van der Waals surface area (Å²) in [4.78, 5) is 38.0. The van der Waals surface area contributed by atoms with Crippen molar-refractivity contribution in [2.75, 3.05) is 32.8 Å². The number of carbonyl (C=O) groups excluding carboxylic acids is 2. The first-order chi connectivity index (χ1) is 9.98. The third kappa shape index (κ3) is 3.34. The molecule has 2 aliphatic heterocycles. The van der Waals surface area contributed by atoms with Crippen LogP contribution in [0, 0.1) is 5.41 Å². The summed E-state index contributed by atoms with van der Waals surface area (Å²) in [5, 5.41) is 9.53. The van der Waals surface area contributed by atoms with Crippen molar-refractivity contribution < 1.29 is 24.2 Å². The molecule has 7 nitrogen and oxygen atoms in total. The molecule has 0 aromatic rings. The number of carboxylic acids is 1. The molecule has 1 N–H and O–H groups in total. The van der Waals surface area contributed by atoms with Crippen LogP contribution in [0.4, 0.5) is 4.79 Å². The van der Waals surface area contributed by atoms with E-state index in [4.69, 9.17) is 4.74 Å². The first-order valence-corrected chi connectivity index (χ1v) is 7.41. The smallest absolute Gasteiger partial charge is 0.416 e. The Labute approximate surface area is 123 Å². The molecule has 0 spiro atoms. The van der Waals surface area contributed by atoms with Crippen LogP contribution in [0.2, 0.25) is 0 Å². The van der Waals surface area contributed by atoms with Crippen LogP contribution in [0.1, 0.15) is 32.6 Å². The molecular weight excluding hydrogens is 276 g/mol. The van der Waals surface area contributed by atoms with Crippen molar-refractivity contribution >= 4 is 18.0 Å². The molecule has 0 aliphatic carbocycles. The number of hydrogen-bond donors (Lipinski definition) is 1. The molecule has 0 aromatic carbocycles. The lowest BCUT2D eigenvalue weighted by Crippen LogP contribution is -2.51. The predicted octanol–water partition coefficient (Wildman–Crippen LogP) is 0.932. The molecule has 2 saturated heterocycles. The van der Waals surface area contributed by atoms with Crippen LogP contribution >= 0.6 is 0 Å². The van der Waals surface area contributed by atoms with Gasteiger partial charge in [0.2, 0.25) is 5.91 Å². The van der Waals surface area contributed by atoms with Gasteiger partial charge in [-0.25, -0.2) is 9.69 Å². The minimum absolute atomic E-state index is 0.0772. The molecule has 1 unspecified atom stereocenters. The average Bonchev–Trinajstić information content (AvgIpc) is 2.85. The van der Waals surface area contributed by atoms with E-state index in [2.05, 4.69) is 0 Å². The number of nitrogens with zero attached hydrogens (tertiary/aromatic N) is 2. The largest absolute Gasteiger partial charge is 0.481 e. The average molecular weight is 298 g/mol. The highest BCUT2D eigenvalue weighted by Crippen LogP contribution is 2.35. The first kappa shape index (κ1) is 15.8. The van der Waals surface area contributed by atoms with Crippen LogP contribution in [0.3, 0.4) is 0 Å². The van der Waals surface area contributed by atoms with Crippen LogP contribution < -0.4 is 0 Å². The number of rotatable bonds is 5. The summed E-state index contributed by atoms with van der Waals surface area (Å²) in [6.45, 7) is 3.62. The van der Waals surface area contributed by atoms with Gasteiger partial charge >= 0.3 is 12.1 Å². The van der Waals surface area contributed by atoms with Gasteiger partial charge in [-0.05, 0) is 25.8 Å². The van der Waals surface area contributed by atoms with Crippen molar-refractivity contribution in [1.29, 1.82) is 0 Å². The van der Waals surface area contributed by atoms with Crippen molar-refractivity contribution in [3.8, 4) is 0 Å². The molecule has 0 saturated carbocycles. The zero-order valence-corrected chi connectivity index (χ0v) is 12.3. The van der Waals surface area contributed by atoms with Gasteiger partial charge in [0, 0.05) is 6.54 Å². The third-order valence-corrected chi connectivity index (χ3v) is 4.26. The first-order valence-electron chi connectivity index (χ1n) is 7.41. The number of piperidine rings is 1. The van der Waals surface area contributed by atoms with E-state index in [0.717, 1.165) is 17.7 Å². The number of likely N-dealkylation sites (tertiary alicyclic amines) is 1. The fraction of sp³-hybridized carbons (Fsp3) is 0.786. The highest BCUT2D eigenvalue weighted by Gasteiger charge is 2.42. The summed E-state index contributed by atoms with van der Waals surface area (Å²) < 4.78 is 4.75. The van der Waals surface area contributed by atoms with Crippen molar-refractivity contribution in [1.82, 2.24) is 9.80 Å². The Hall–Kier alpha value is -1.63. The highest BCUT2D eigenvalue weighted by molar-refractivity contribution is 5.94. The van der Waals surface area contributed by atoms with Gasteiger partial charge in [-0.1, -0.05) is 13.3 Å². The summed E-state index contributed by atoms with van der Waals surface area (Å²) in [7, 11) is 0. The van der Waals surface area contributed by atoms with Gasteiger partial charge in [0.25, 0.3) is 0 Å². The van der Waals surface area contributed by atoms with Gasteiger partial charge in [0.15, 0.2) is 0 Å².